The van der Waals surface area contributed by atoms with Gasteiger partial charge in [-0.3, -0.25) is 0 Å². The topological polar surface area (TPSA) is 90.2 Å². The highest BCUT2D eigenvalue weighted by molar-refractivity contribution is 9.10. The molecule has 0 spiro atoms. The van der Waals surface area contributed by atoms with Crippen molar-refractivity contribution in [2.24, 2.45) is 0 Å². The number of ether oxygens (including phenoxy) is 1. The van der Waals surface area contributed by atoms with Crippen molar-refractivity contribution in [3.05, 3.63) is 110 Å². The lowest BCUT2D eigenvalue weighted by Crippen LogP contribution is -1.93. The molecule has 0 bridgehead atoms. The molecule has 7 heteroatoms. The monoisotopic (exact) mass is 700 g/mol. The predicted octanol–water partition coefficient (Wildman–Crippen LogP) is 11.8. The van der Waals surface area contributed by atoms with Crippen molar-refractivity contribution in [3.8, 4) is 28.7 Å². The van der Waals surface area contributed by atoms with Gasteiger partial charge in [-0.15, -0.1) is 0 Å². The maximum Gasteiger partial charge on any atom is 0.160 e. The minimum absolute atomic E-state index is 0.0144. The fourth-order valence-electron chi connectivity index (χ4n) is 4.24. The Kier molecular flexibility index (Phi) is 17.0. The highest BCUT2D eigenvalue weighted by Crippen LogP contribution is 2.32. The van der Waals surface area contributed by atoms with Gasteiger partial charge in [0.05, 0.1) is 7.11 Å². The molecule has 0 unspecified atom stereocenters. The van der Waals surface area contributed by atoms with E-state index in [1.807, 2.05) is 68.4 Å². The summed E-state index contributed by atoms with van der Waals surface area (Å²) in [6, 6.07) is 22.1. The molecular weight excluding hydrogens is 652 g/mol. The molecule has 0 aliphatic rings. The maximum atomic E-state index is 9.38. The Bertz CT molecular complexity index is 1460. The van der Waals surface area contributed by atoms with Crippen LogP contribution >= 0.6 is 27.5 Å². The summed E-state index contributed by atoms with van der Waals surface area (Å²) in [5, 5.41) is 38.0. The van der Waals surface area contributed by atoms with Crippen LogP contribution < -0.4 is 4.74 Å². The van der Waals surface area contributed by atoms with E-state index in [2.05, 4.69) is 57.5 Å². The molecule has 0 atom stereocenters. The van der Waals surface area contributed by atoms with E-state index in [4.69, 9.17) is 16.3 Å². The van der Waals surface area contributed by atoms with Crippen molar-refractivity contribution in [1.29, 1.82) is 0 Å². The number of aromatic hydroxyl groups is 4. The summed E-state index contributed by atoms with van der Waals surface area (Å²) >= 11 is 9.22. The van der Waals surface area contributed by atoms with Gasteiger partial charge < -0.3 is 25.2 Å². The van der Waals surface area contributed by atoms with Gasteiger partial charge >= 0.3 is 0 Å². The van der Waals surface area contributed by atoms with Crippen LogP contribution in [0.25, 0.3) is 0 Å². The number of hydrogen-bond acceptors (Lipinski definition) is 5. The van der Waals surface area contributed by atoms with Crippen molar-refractivity contribution in [3.63, 3.8) is 0 Å². The molecule has 0 heterocycles. The lowest BCUT2D eigenvalue weighted by molar-refractivity contribution is 0.400. The molecule has 0 amide bonds. The van der Waals surface area contributed by atoms with E-state index in [0.29, 0.717) is 35.2 Å². The van der Waals surface area contributed by atoms with Gasteiger partial charge in [0.15, 0.2) is 11.5 Å². The van der Waals surface area contributed by atoms with E-state index in [1.54, 1.807) is 32.2 Å². The lowest BCUT2D eigenvalue weighted by Gasteiger charge is -2.11. The second kappa shape index (κ2) is 19.2. The third-order valence-corrected chi connectivity index (χ3v) is 7.68. The van der Waals surface area contributed by atoms with E-state index >= 15 is 0 Å². The minimum Gasteiger partial charge on any atom is -0.508 e. The zero-order chi connectivity index (χ0) is 34.4. The van der Waals surface area contributed by atoms with Crippen LogP contribution in [0.15, 0.2) is 77.3 Å². The molecule has 4 rings (SSSR count). The highest BCUT2D eigenvalue weighted by Gasteiger charge is 2.08. The molecule has 0 saturated heterocycles. The number of phenols is 4. The van der Waals surface area contributed by atoms with Gasteiger partial charge in [0.1, 0.15) is 17.2 Å². The van der Waals surface area contributed by atoms with E-state index in [9.17, 15) is 20.4 Å². The number of para-hydroxylation sites is 1. The predicted molar refractivity (Wildman–Crippen MR) is 193 cm³/mol. The Morgan fingerprint density at radius 2 is 1.16 bits per heavy atom. The lowest BCUT2D eigenvalue weighted by atomic mass is 10.0. The second-order valence-corrected chi connectivity index (χ2v) is 13.3. The van der Waals surface area contributed by atoms with E-state index in [-0.39, 0.29) is 11.5 Å². The van der Waals surface area contributed by atoms with Crippen molar-refractivity contribution < 1.29 is 25.2 Å². The highest BCUT2D eigenvalue weighted by atomic mass is 79.9. The first kappa shape index (κ1) is 39.7. The fourth-order valence-corrected chi connectivity index (χ4v) is 4.80. The number of benzene rings is 4. The Morgan fingerprint density at radius 3 is 1.60 bits per heavy atom. The molecule has 0 saturated carbocycles. The van der Waals surface area contributed by atoms with Crippen molar-refractivity contribution in [1.82, 2.24) is 0 Å². The summed E-state index contributed by atoms with van der Waals surface area (Å²) < 4.78 is 6.22. The minimum atomic E-state index is -0.0290. The van der Waals surface area contributed by atoms with Crippen molar-refractivity contribution in [2.45, 2.75) is 86.0 Å². The number of rotatable bonds is 5. The van der Waals surface area contributed by atoms with Crippen LogP contribution in [0.4, 0.5) is 0 Å². The summed E-state index contributed by atoms with van der Waals surface area (Å²) in [4.78, 5) is 0. The zero-order valence-corrected chi connectivity index (χ0v) is 30.5. The third kappa shape index (κ3) is 13.3. The quantitative estimate of drug-likeness (QED) is 0.156. The van der Waals surface area contributed by atoms with Crippen LogP contribution in [0, 0.1) is 6.92 Å². The van der Waals surface area contributed by atoms with Gasteiger partial charge in [0.2, 0.25) is 0 Å². The smallest absolute Gasteiger partial charge is 0.160 e. The normalized spacial score (nSPS) is 10.5. The SMILES string of the molecule is CC(C)c1cc(Br)ccc1O.CC(C)c1ccccc1O.COc1ccc(Cl)cc1C(C)C.Cc1cc(C(C)C)cc(O)c1O. The average molecular weight is 702 g/mol. The van der Waals surface area contributed by atoms with E-state index in [0.717, 1.165) is 43.1 Å². The molecule has 0 fully saturated rings. The zero-order valence-electron chi connectivity index (χ0n) is 28.2. The first-order chi connectivity index (χ1) is 21.0. The van der Waals surface area contributed by atoms with Gasteiger partial charge in [-0.25, -0.2) is 0 Å². The summed E-state index contributed by atoms with van der Waals surface area (Å²) in [5.41, 5.74) is 4.92. The molecule has 0 aliphatic heterocycles. The average Bonchev–Trinajstić information content (AvgIpc) is 2.97. The Labute approximate surface area is 283 Å². The molecular formula is C38H50BrClO5. The summed E-state index contributed by atoms with van der Waals surface area (Å²) in [5.74, 6) is 3.23. The van der Waals surface area contributed by atoms with Crippen LogP contribution in [-0.4, -0.2) is 27.5 Å². The Hall–Kier alpha value is -3.35. The Balaban J connectivity index is 0.000000301. The van der Waals surface area contributed by atoms with Gasteiger partial charge in [0, 0.05) is 9.50 Å². The first-order valence-electron chi connectivity index (χ1n) is 15.1. The van der Waals surface area contributed by atoms with Gasteiger partial charge in [-0.2, -0.15) is 0 Å². The maximum absolute atomic E-state index is 9.38. The summed E-state index contributed by atoms with van der Waals surface area (Å²) in [6.45, 7) is 18.4. The van der Waals surface area contributed by atoms with Crippen LogP contribution in [0.5, 0.6) is 28.7 Å². The fraction of sp³-hybridized carbons (Fsp3) is 0.368. The van der Waals surface area contributed by atoms with Crippen molar-refractivity contribution >= 4 is 27.5 Å². The molecule has 4 N–H and O–H groups in total. The van der Waals surface area contributed by atoms with E-state index < -0.39 is 0 Å². The largest absolute Gasteiger partial charge is 0.508 e. The molecule has 0 aliphatic carbocycles. The number of aryl methyl sites for hydroxylation is 1. The van der Waals surface area contributed by atoms with Crippen LogP contribution in [0.3, 0.4) is 0 Å². The van der Waals surface area contributed by atoms with Gasteiger partial charge in [0.25, 0.3) is 0 Å². The van der Waals surface area contributed by atoms with Crippen LogP contribution in [0.1, 0.15) is 107 Å². The van der Waals surface area contributed by atoms with Gasteiger partial charge in [-0.05, 0) is 107 Å². The molecule has 4 aromatic rings. The standard InChI is InChI=1S/C10H13ClO.C10H14O2.C9H11BrO.C9H12O/c1-7(2)9-6-8(11)4-5-10(9)12-3;1-6(2)8-4-7(3)10(12)9(11)5-8;1-6(2)8-5-7(10)3-4-9(8)11;1-7(2)8-5-3-4-6-9(8)10/h4-7H,1-3H3;4-6,11-12H,1-3H3;3-6,11H,1-2H3;3-7,10H,1-2H3. The molecule has 5 nitrogen and oxygen atoms in total. The number of halogens is 2. The first-order valence-corrected chi connectivity index (χ1v) is 16.3. The van der Waals surface area contributed by atoms with Crippen molar-refractivity contribution in [2.75, 3.05) is 7.11 Å². The number of methoxy groups -OCH3 is 1. The third-order valence-electron chi connectivity index (χ3n) is 6.95. The summed E-state index contributed by atoms with van der Waals surface area (Å²) in [7, 11) is 1.68. The number of hydrogen-bond donors (Lipinski definition) is 4. The second-order valence-electron chi connectivity index (χ2n) is 12.0. The number of phenolic OH excluding ortho intramolecular Hbond substituents is 4. The Morgan fingerprint density at radius 1 is 0.600 bits per heavy atom. The van der Waals surface area contributed by atoms with E-state index in [1.165, 1.54) is 0 Å². The van der Waals surface area contributed by atoms with Crippen LogP contribution in [0.2, 0.25) is 5.02 Å². The van der Waals surface area contributed by atoms with Gasteiger partial charge in [-0.1, -0.05) is 107 Å². The molecule has 246 valence electrons. The molecule has 0 radical (unpaired) electrons. The molecule has 45 heavy (non-hydrogen) atoms. The molecule has 4 aromatic carbocycles. The van der Waals surface area contributed by atoms with Crippen LogP contribution in [-0.2, 0) is 0 Å². The molecule has 0 aromatic heterocycles. The summed E-state index contributed by atoms with van der Waals surface area (Å²) in [6.07, 6.45) is 0.